The fourth-order valence-corrected chi connectivity index (χ4v) is 2.28. The number of methoxy groups -OCH3 is 2. The van der Waals surface area contributed by atoms with Gasteiger partial charge in [0.1, 0.15) is 5.75 Å². The molecule has 0 amide bonds. The average molecular weight is 465 g/mol. The molecule has 0 spiro atoms. The van der Waals surface area contributed by atoms with Crippen LogP contribution in [0.5, 0.6) is 5.75 Å². The van der Waals surface area contributed by atoms with Crippen LogP contribution in [0.2, 0.25) is 0 Å². The van der Waals surface area contributed by atoms with Crippen molar-refractivity contribution < 1.29 is 14.2 Å². The van der Waals surface area contributed by atoms with Crippen molar-refractivity contribution in [3.05, 3.63) is 29.8 Å². The molecule has 0 aliphatic carbocycles. The summed E-state index contributed by atoms with van der Waals surface area (Å²) in [5.41, 5.74) is 1.19. The lowest BCUT2D eigenvalue weighted by molar-refractivity contribution is 0.0698. The Balaban J connectivity index is 0.00000576. The van der Waals surface area contributed by atoms with Gasteiger partial charge in [0, 0.05) is 39.8 Å². The molecule has 0 aliphatic heterocycles. The first-order valence-corrected chi connectivity index (χ1v) is 8.37. The van der Waals surface area contributed by atoms with Crippen LogP contribution in [-0.4, -0.2) is 60.1 Å². The van der Waals surface area contributed by atoms with E-state index in [1.165, 1.54) is 5.56 Å². The topological polar surface area (TPSA) is 64.1 Å². The quantitative estimate of drug-likeness (QED) is 0.228. The Labute approximate surface area is 168 Å². The molecule has 2 N–H and O–H groups in total. The molecule has 0 aliphatic rings. The van der Waals surface area contributed by atoms with Crippen molar-refractivity contribution in [3.63, 3.8) is 0 Å². The zero-order chi connectivity index (χ0) is 17.6. The van der Waals surface area contributed by atoms with Crippen molar-refractivity contribution in [2.45, 2.75) is 19.3 Å². The Morgan fingerprint density at radius 1 is 1.12 bits per heavy atom. The zero-order valence-corrected chi connectivity index (χ0v) is 18.0. The van der Waals surface area contributed by atoms with E-state index in [1.54, 1.807) is 21.3 Å². The van der Waals surface area contributed by atoms with Crippen LogP contribution in [0.4, 0.5) is 0 Å². The van der Waals surface area contributed by atoms with Crippen molar-refractivity contribution in [1.82, 2.24) is 10.6 Å². The summed E-state index contributed by atoms with van der Waals surface area (Å²) in [4.78, 5) is 4.25. The minimum absolute atomic E-state index is 0. The Hall–Kier alpha value is -1.06. The molecule has 1 rings (SSSR count). The lowest BCUT2D eigenvalue weighted by Crippen LogP contribution is -2.39. The van der Waals surface area contributed by atoms with E-state index in [2.05, 4.69) is 28.6 Å². The second kappa shape index (κ2) is 15.2. The Morgan fingerprint density at radius 3 is 2.56 bits per heavy atom. The molecular weight excluding hydrogens is 433 g/mol. The molecule has 0 fully saturated rings. The molecule has 7 heteroatoms. The summed E-state index contributed by atoms with van der Waals surface area (Å²) < 4.78 is 15.8. The molecule has 1 unspecified atom stereocenters. The number of hydrogen-bond acceptors (Lipinski definition) is 4. The smallest absolute Gasteiger partial charge is 0.190 e. The first-order chi connectivity index (χ1) is 11.7. The summed E-state index contributed by atoms with van der Waals surface area (Å²) in [6, 6.07) is 8.10. The lowest BCUT2D eigenvalue weighted by atomic mass is 10.0. The van der Waals surface area contributed by atoms with Gasteiger partial charge in [-0.1, -0.05) is 25.1 Å². The molecule has 0 saturated heterocycles. The van der Waals surface area contributed by atoms with Gasteiger partial charge in [0.05, 0.1) is 20.3 Å². The third-order valence-corrected chi connectivity index (χ3v) is 3.66. The Morgan fingerprint density at radius 2 is 1.88 bits per heavy atom. The maximum atomic E-state index is 5.43. The highest BCUT2D eigenvalue weighted by molar-refractivity contribution is 14.0. The number of nitrogens with one attached hydrogen (secondary N) is 2. The molecule has 25 heavy (non-hydrogen) atoms. The van der Waals surface area contributed by atoms with E-state index in [9.17, 15) is 0 Å². The fourth-order valence-electron chi connectivity index (χ4n) is 2.28. The molecule has 1 aromatic rings. The minimum Gasteiger partial charge on any atom is -0.496 e. The number of aliphatic imine (C=N–C) groups is 1. The number of ether oxygens (including phenoxy) is 3. The SMILES string of the molecule is CN=C(NCCCOCCOC)NCC(C)c1ccccc1OC.I. The number of rotatable bonds is 11. The van der Waals surface area contributed by atoms with Gasteiger partial charge in [-0.25, -0.2) is 0 Å². The number of guanidine groups is 1. The van der Waals surface area contributed by atoms with Crippen LogP contribution >= 0.6 is 24.0 Å². The summed E-state index contributed by atoms with van der Waals surface area (Å²) in [6.07, 6.45) is 0.923. The van der Waals surface area contributed by atoms with E-state index in [1.807, 2.05) is 18.2 Å². The van der Waals surface area contributed by atoms with E-state index in [4.69, 9.17) is 14.2 Å². The van der Waals surface area contributed by atoms with Gasteiger partial charge in [-0.2, -0.15) is 0 Å². The summed E-state index contributed by atoms with van der Waals surface area (Å²) in [7, 11) is 5.15. The van der Waals surface area contributed by atoms with Crippen molar-refractivity contribution in [2.24, 2.45) is 4.99 Å². The minimum atomic E-state index is 0. The van der Waals surface area contributed by atoms with Crippen LogP contribution in [0.25, 0.3) is 0 Å². The van der Waals surface area contributed by atoms with E-state index >= 15 is 0 Å². The molecule has 144 valence electrons. The first-order valence-electron chi connectivity index (χ1n) is 8.37. The van der Waals surface area contributed by atoms with Crippen LogP contribution in [0, 0.1) is 0 Å². The summed E-state index contributed by atoms with van der Waals surface area (Å²) in [6.45, 7) is 5.75. The number of hydrogen-bond donors (Lipinski definition) is 2. The second-order valence-electron chi connectivity index (χ2n) is 5.48. The Kier molecular flexibility index (Phi) is 14.6. The van der Waals surface area contributed by atoms with E-state index in [0.717, 1.165) is 31.2 Å². The second-order valence-corrected chi connectivity index (χ2v) is 5.48. The van der Waals surface area contributed by atoms with Crippen molar-refractivity contribution in [3.8, 4) is 5.75 Å². The Bertz CT molecular complexity index is 486. The van der Waals surface area contributed by atoms with Crippen LogP contribution in [0.1, 0.15) is 24.8 Å². The molecule has 0 saturated carbocycles. The van der Waals surface area contributed by atoms with Gasteiger partial charge in [-0.05, 0) is 18.1 Å². The van der Waals surface area contributed by atoms with Gasteiger partial charge in [0.15, 0.2) is 5.96 Å². The number of nitrogens with zero attached hydrogens (tertiary/aromatic N) is 1. The third kappa shape index (κ3) is 9.86. The number of halogens is 1. The summed E-state index contributed by atoms with van der Waals surface area (Å²) in [5.74, 6) is 2.04. The van der Waals surface area contributed by atoms with Gasteiger partial charge >= 0.3 is 0 Å². The predicted octanol–water partition coefficient (Wildman–Crippen LogP) is 2.63. The number of benzene rings is 1. The molecule has 0 aromatic heterocycles. The average Bonchev–Trinajstić information content (AvgIpc) is 2.63. The van der Waals surface area contributed by atoms with E-state index in [0.29, 0.717) is 25.7 Å². The van der Waals surface area contributed by atoms with Crippen molar-refractivity contribution in [1.29, 1.82) is 0 Å². The molecule has 0 bridgehead atoms. The molecule has 0 radical (unpaired) electrons. The predicted molar refractivity (Wildman–Crippen MR) is 114 cm³/mol. The van der Waals surface area contributed by atoms with Crippen LogP contribution in [-0.2, 0) is 9.47 Å². The third-order valence-electron chi connectivity index (χ3n) is 3.66. The van der Waals surface area contributed by atoms with Gasteiger partial charge in [0.25, 0.3) is 0 Å². The van der Waals surface area contributed by atoms with E-state index in [-0.39, 0.29) is 24.0 Å². The van der Waals surface area contributed by atoms with Crippen molar-refractivity contribution in [2.75, 3.05) is 54.2 Å². The molecule has 1 atom stereocenters. The van der Waals surface area contributed by atoms with Crippen LogP contribution < -0.4 is 15.4 Å². The van der Waals surface area contributed by atoms with Gasteiger partial charge < -0.3 is 24.8 Å². The fraction of sp³-hybridized carbons (Fsp3) is 0.611. The zero-order valence-electron chi connectivity index (χ0n) is 15.7. The molecule has 1 aromatic carbocycles. The molecule has 0 heterocycles. The first kappa shape index (κ1) is 23.9. The monoisotopic (exact) mass is 465 g/mol. The maximum absolute atomic E-state index is 5.43. The van der Waals surface area contributed by atoms with Crippen molar-refractivity contribution >= 4 is 29.9 Å². The molecule has 6 nitrogen and oxygen atoms in total. The van der Waals surface area contributed by atoms with Crippen LogP contribution in [0.3, 0.4) is 0 Å². The number of para-hydroxylation sites is 1. The van der Waals surface area contributed by atoms with Gasteiger partial charge in [0.2, 0.25) is 0 Å². The highest BCUT2D eigenvalue weighted by Crippen LogP contribution is 2.25. The summed E-state index contributed by atoms with van der Waals surface area (Å²) in [5, 5.41) is 6.64. The molecular formula is C18H32IN3O3. The van der Waals surface area contributed by atoms with Crippen LogP contribution in [0.15, 0.2) is 29.3 Å². The maximum Gasteiger partial charge on any atom is 0.190 e. The largest absolute Gasteiger partial charge is 0.496 e. The lowest BCUT2D eigenvalue weighted by Gasteiger charge is -2.18. The highest BCUT2D eigenvalue weighted by atomic mass is 127. The highest BCUT2D eigenvalue weighted by Gasteiger charge is 2.11. The standard InChI is InChI=1S/C18H31N3O3.HI/c1-15(16-8-5-6-9-17(16)23-4)14-21-18(19-2)20-10-7-11-24-13-12-22-3;/h5-6,8-9,15H,7,10-14H2,1-4H3,(H2,19,20,21);1H. The van der Waals surface area contributed by atoms with Gasteiger partial charge in [-0.3, -0.25) is 4.99 Å². The van der Waals surface area contributed by atoms with E-state index < -0.39 is 0 Å². The normalized spacial score (nSPS) is 12.2. The van der Waals surface area contributed by atoms with Gasteiger partial charge in [-0.15, -0.1) is 24.0 Å². The summed E-state index contributed by atoms with van der Waals surface area (Å²) >= 11 is 0.